The number of hydrogen-bond acceptors (Lipinski definition) is 6. The summed E-state index contributed by atoms with van der Waals surface area (Å²) in [6.07, 6.45) is 7.24. The molecule has 30 heavy (non-hydrogen) atoms. The van der Waals surface area contributed by atoms with Crippen molar-refractivity contribution < 1.29 is 9.90 Å². The van der Waals surface area contributed by atoms with E-state index in [1.807, 2.05) is 12.3 Å². The lowest BCUT2D eigenvalue weighted by Gasteiger charge is -2.49. The number of aromatic nitrogens is 5. The van der Waals surface area contributed by atoms with Gasteiger partial charge < -0.3 is 20.3 Å². The number of likely N-dealkylation sites (tertiary alicyclic amines) is 1. The lowest BCUT2D eigenvalue weighted by Crippen LogP contribution is -2.70. The molecule has 0 atom stereocenters. The van der Waals surface area contributed by atoms with Gasteiger partial charge in [0.1, 0.15) is 17.5 Å². The highest BCUT2D eigenvalue weighted by molar-refractivity contribution is 5.92. The first kappa shape index (κ1) is 18.8. The minimum absolute atomic E-state index is 0.332. The quantitative estimate of drug-likeness (QED) is 0.588. The van der Waals surface area contributed by atoms with Crippen LogP contribution < -0.4 is 5.32 Å². The van der Waals surface area contributed by atoms with Crippen molar-refractivity contribution in [2.24, 2.45) is 5.92 Å². The van der Waals surface area contributed by atoms with Crippen LogP contribution in [0.15, 0.2) is 18.6 Å². The molecular weight excluding hydrogens is 384 g/mol. The van der Waals surface area contributed by atoms with Crippen molar-refractivity contribution in [1.82, 2.24) is 35.0 Å². The first-order chi connectivity index (χ1) is 14.6. The Morgan fingerprint density at radius 3 is 2.90 bits per heavy atom. The fourth-order valence-corrected chi connectivity index (χ4v) is 4.95. The third kappa shape index (κ3) is 3.15. The van der Waals surface area contributed by atoms with Crippen LogP contribution in [0, 0.1) is 17.2 Å². The molecule has 1 saturated heterocycles. The molecule has 3 N–H and O–H groups in total. The second-order valence-electron chi connectivity index (χ2n) is 8.60. The minimum Gasteiger partial charge on any atom is -0.465 e. The van der Waals surface area contributed by atoms with E-state index >= 15 is 0 Å². The van der Waals surface area contributed by atoms with Gasteiger partial charge in [-0.1, -0.05) is 5.21 Å². The highest BCUT2D eigenvalue weighted by Gasteiger charge is 2.45. The standard InChI is InChI=1S/C20H24N8O2/c21-7-6-20(10-27(11-20)19(29)30)24-9-13-1-3-14(4-2-13)16-17-15-5-8-22-18(15)23-12-28(17)26-25-16/h5,8,12-14,22,24H,1-4,6,9-11H2,(H,29,30). The van der Waals surface area contributed by atoms with Gasteiger partial charge in [-0.3, -0.25) is 0 Å². The predicted molar refractivity (Wildman–Crippen MR) is 108 cm³/mol. The number of H-pyrrole nitrogens is 1. The maximum absolute atomic E-state index is 11.1. The molecule has 1 saturated carbocycles. The Kier molecular flexibility index (Phi) is 4.55. The Hall–Kier alpha value is -3.19. The molecule has 0 spiro atoms. The summed E-state index contributed by atoms with van der Waals surface area (Å²) in [6.45, 7) is 1.59. The Bertz CT molecular complexity index is 1110. The number of aromatic amines is 1. The lowest BCUT2D eigenvalue weighted by molar-refractivity contribution is 0.0414. The van der Waals surface area contributed by atoms with Crippen LogP contribution in [0.2, 0.25) is 0 Å². The van der Waals surface area contributed by atoms with Crippen LogP contribution in [0.5, 0.6) is 0 Å². The maximum atomic E-state index is 11.1. The second kappa shape index (κ2) is 7.25. The molecule has 0 bridgehead atoms. The first-order valence-electron chi connectivity index (χ1n) is 10.4. The Labute approximate surface area is 172 Å². The van der Waals surface area contributed by atoms with E-state index in [0.717, 1.165) is 54.5 Å². The van der Waals surface area contributed by atoms with Crippen molar-refractivity contribution >= 4 is 22.6 Å². The van der Waals surface area contributed by atoms with Crippen molar-refractivity contribution in [3.8, 4) is 6.07 Å². The third-order valence-electron chi connectivity index (χ3n) is 6.67. The third-order valence-corrected chi connectivity index (χ3v) is 6.67. The van der Waals surface area contributed by atoms with E-state index < -0.39 is 6.09 Å². The summed E-state index contributed by atoms with van der Waals surface area (Å²) in [5.74, 6) is 0.894. The number of hydrogen-bond donors (Lipinski definition) is 3. The molecule has 3 aromatic heterocycles. The molecule has 5 rings (SSSR count). The fraction of sp³-hybridized carbons (Fsp3) is 0.550. The minimum atomic E-state index is -0.918. The van der Waals surface area contributed by atoms with Crippen LogP contribution in [-0.4, -0.2) is 66.1 Å². The van der Waals surface area contributed by atoms with Crippen LogP contribution in [0.1, 0.15) is 43.7 Å². The topological polar surface area (TPSA) is 135 Å². The number of nitriles is 1. The largest absolute Gasteiger partial charge is 0.465 e. The van der Waals surface area contributed by atoms with Crippen LogP contribution in [-0.2, 0) is 0 Å². The summed E-state index contributed by atoms with van der Waals surface area (Å²) < 4.78 is 1.76. The number of carboxylic acid groups (broad SMARTS) is 1. The van der Waals surface area contributed by atoms with Crippen molar-refractivity contribution in [3.05, 3.63) is 24.3 Å². The van der Waals surface area contributed by atoms with E-state index in [9.17, 15) is 4.79 Å². The smallest absolute Gasteiger partial charge is 0.407 e. The van der Waals surface area contributed by atoms with Crippen LogP contribution in [0.3, 0.4) is 0 Å². The Balaban J connectivity index is 1.22. The number of nitrogens with one attached hydrogen (secondary N) is 2. The van der Waals surface area contributed by atoms with Crippen LogP contribution in [0.25, 0.3) is 16.6 Å². The predicted octanol–water partition coefficient (Wildman–Crippen LogP) is 2.12. The molecule has 10 nitrogen and oxygen atoms in total. The summed E-state index contributed by atoms with van der Waals surface area (Å²) in [4.78, 5) is 20.0. The molecule has 1 aliphatic carbocycles. The molecule has 10 heteroatoms. The molecule has 1 amide bonds. The molecule has 0 aromatic carbocycles. The zero-order valence-electron chi connectivity index (χ0n) is 16.6. The SMILES string of the molecule is N#CCC1(NCC2CCC(c3nnn4cnc5[nH]ccc5c34)CC2)CN(C(=O)O)C1. The van der Waals surface area contributed by atoms with E-state index in [1.165, 1.54) is 4.90 Å². The van der Waals surface area contributed by atoms with E-state index in [-0.39, 0.29) is 5.54 Å². The molecule has 0 radical (unpaired) electrons. The summed E-state index contributed by atoms with van der Waals surface area (Å²) in [6, 6.07) is 4.23. The van der Waals surface area contributed by atoms with Crippen LogP contribution >= 0.6 is 0 Å². The lowest BCUT2D eigenvalue weighted by atomic mass is 9.79. The van der Waals surface area contributed by atoms with Gasteiger partial charge in [-0.15, -0.1) is 5.10 Å². The summed E-state index contributed by atoms with van der Waals surface area (Å²) >= 11 is 0. The number of amides is 1. The molecular formula is C20H24N8O2. The van der Waals surface area contributed by atoms with Gasteiger partial charge in [0.15, 0.2) is 0 Å². The number of nitrogens with zero attached hydrogens (tertiary/aromatic N) is 6. The van der Waals surface area contributed by atoms with E-state index in [4.69, 9.17) is 10.4 Å². The second-order valence-corrected chi connectivity index (χ2v) is 8.60. The van der Waals surface area contributed by atoms with Gasteiger partial charge >= 0.3 is 6.09 Å². The summed E-state index contributed by atoms with van der Waals surface area (Å²) in [7, 11) is 0. The number of fused-ring (bicyclic) bond motifs is 3. The van der Waals surface area contributed by atoms with Crippen molar-refractivity contribution in [1.29, 1.82) is 5.26 Å². The normalized spacial score (nSPS) is 23.4. The van der Waals surface area contributed by atoms with Gasteiger partial charge in [0.2, 0.25) is 0 Å². The van der Waals surface area contributed by atoms with Crippen LogP contribution in [0.4, 0.5) is 4.79 Å². The van der Waals surface area contributed by atoms with E-state index in [1.54, 1.807) is 10.8 Å². The van der Waals surface area contributed by atoms with Gasteiger partial charge in [0.05, 0.1) is 23.7 Å². The van der Waals surface area contributed by atoms with Crippen molar-refractivity contribution in [2.45, 2.75) is 43.6 Å². The fourth-order valence-electron chi connectivity index (χ4n) is 4.95. The van der Waals surface area contributed by atoms with Gasteiger partial charge in [-0.25, -0.2) is 14.3 Å². The van der Waals surface area contributed by atoms with Gasteiger partial charge in [-0.05, 0) is 44.2 Å². The zero-order chi connectivity index (χ0) is 20.7. The molecule has 3 aromatic rings. The summed E-state index contributed by atoms with van der Waals surface area (Å²) in [5, 5.41) is 31.5. The molecule has 2 fully saturated rings. The zero-order valence-corrected chi connectivity index (χ0v) is 16.6. The van der Waals surface area contributed by atoms with Gasteiger partial charge in [0.25, 0.3) is 0 Å². The highest BCUT2D eigenvalue weighted by atomic mass is 16.4. The first-order valence-corrected chi connectivity index (χ1v) is 10.4. The monoisotopic (exact) mass is 408 g/mol. The average molecular weight is 408 g/mol. The maximum Gasteiger partial charge on any atom is 0.407 e. The Morgan fingerprint density at radius 2 is 2.17 bits per heavy atom. The molecule has 1 aliphatic heterocycles. The highest BCUT2D eigenvalue weighted by Crippen LogP contribution is 2.38. The van der Waals surface area contributed by atoms with Crippen molar-refractivity contribution in [3.63, 3.8) is 0 Å². The molecule has 0 unspecified atom stereocenters. The molecule has 156 valence electrons. The van der Waals surface area contributed by atoms with Crippen molar-refractivity contribution in [2.75, 3.05) is 19.6 Å². The number of rotatable bonds is 5. The molecule has 2 aliphatic rings. The van der Waals surface area contributed by atoms with Gasteiger partial charge in [0, 0.05) is 30.6 Å². The van der Waals surface area contributed by atoms with E-state index in [2.05, 4.69) is 31.7 Å². The average Bonchev–Trinajstić information content (AvgIpc) is 3.36. The number of carbonyl (C=O) groups is 1. The van der Waals surface area contributed by atoms with E-state index in [0.29, 0.717) is 31.3 Å². The Morgan fingerprint density at radius 1 is 1.37 bits per heavy atom. The summed E-state index contributed by atoms with van der Waals surface area (Å²) in [5.41, 5.74) is 2.55. The molecule has 4 heterocycles. The van der Waals surface area contributed by atoms with Gasteiger partial charge in [-0.2, -0.15) is 5.26 Å².